The molecule has 1 heterocycles. The van der Waals surface area contributed by atoms with Gasteiger partial charge in [-0.1, -0.05) is 13.8 Å². The zero-order valence-electron chi connectivity index (χ0n) is 12.8. The van der Waals surface area contributed by atoms with Crippen LogP contribution in [0.15, 0.2) is 0 Å². The summed E-state index contributed by atoms with van der Waals surface area (Å²) in [5.74, 6) is 1.04. The van der Waals surface area contributed by atoms with Gasteiger partial charge in [-0.05, 0) is 24.7 Å². The highest BCUT2D eigenvalue weighted by Crippen LogP contribution is 2.20. The van der Waals surface area contributed by atoms with Gasteiger partial charge in [0, 0.05) is 48.4 Å². The van der Waals surface area contributed by atoms with Crippen molar-refractivity contribution < 1.29 is 18.9 Å². The number of urea groups is 1. The van der Waals surface area contributed by atoms with Gasteiger partial charge >= 0.3 is 12.0 Å². The monoisotopic (exact) mass is 318 g/mol. The smallest absolute Gasteiger partial charge is 0.317 e. The lowest BCUT2D eigenvalue weighted by atomic mass is 9.88. The fourth-order valence-corrected chi connectivity index (χ4v) is 3.49. The van der Waals surface area contributed by atoms with E-state index in [0.717, 1.165) is 6.42 Å². The molecule has 1 aliphatic heterocycles. The molecule has 0 saturated carbocycles. The van der Waals surface area contributed by atoms with Gasteiger partial charge in [-0.2, -0.15) is 0 Å². The molecule has 0 aliphatic carbocycles. The van der Waals surface area contributed by atoms with Crippen LogP contribution < -0.4 is 5.32 Å². The number of rotatable bonds is 7. The van der Waals surface area contributed by atoms with E-state index in [1.54, 1.807) is 4.90 Å². The zero-order valence-corrected chi connectivity index (χ0v) is 13.7. The van der Waals surface area contributed by atoms with E-state index >= 15 is 0 Å². The van der Waals surface area contributed by atoms with Gasteiger partial charge in [0.1, 0.15) is 0 Å². The third-order valence-corrected chi connectivity index (χ3v) is 5.20. The molecule has 0 radical (unpaired) electrons. The lowest BCUT2D eigenvalue weighted by Crippen LogP contribution is -2.47. The molecule has 122 valence electrons. The van der Waals surface area contributed by atoms with E-state index in [1.165, 1.54) is 0 Å². The number of carbonyl (C=O) groups excluding carboxylic acids is 1. The molecule has 1 rings (SSSR count). The highest BCUT2D eigenvalue weighted by molar-refractivity contribution is 7.85. The average Bonchev–Trinajstić information content (AvgIpc) is 2.42. The molecule has 21 heavy (non-hydrogen) atoms. The highest BCUT2D eigenvalue weighted by atomic mass is 32.2. The van der Waals surface area contributed by atoms with Crippen LogP contribution in [0.25, 0.3) is 0 Å². The summed E-state index contributed by atoms with van der Waals surface area (Å²) in [5.41, 5.74) is 0. The van der Waals surface area contributed by atoms with Crippen LogP contribution in [0.1, 0.15) is 33.1 Å². The number of carboxylic acids is 1. The Kier molecular flexibility index (Phi) is 7.71. The van der Waals surface area contributed by atoms with Crippen molar-refractivity contribution in [3.63, 3.8) is 0 Å². The molecule has 0 bridgehead atoms. The Bertz CT molecular complexity index is 377. The molecule has 0 aromatic carbocycles. The maximum absolute atomic E-state index is 11.9. The molecule has 1 aliphatic rings. The third-order valence-electron chi connectivity index (χ3n) is 3.93. The number of nitrogens with one attached hydrogen (secondary N) is 1. The van der Waals surface area contributed by atoms with Crippen LogP contribution in [0.2, 0.25) is 0 Å². The Morgan fingerprint density at radius 2 is 1.86 bits per heavy atom. The number of amides is 2. The van der Waals surface area contributed by atoms with Crippen molar-refractivity contribution in [2.75, 3.05) is 31.1 Å². The van der Waals surface area contributed by atoms with Crippen LogP contribution in [-0.2, 0) is 15.6 Å². The van der Waals surface area contributed by atoms with Crippen molar-refractivity contribution >= 4 is 22.8 Å². The number of aliphatic carboxylic acids is 1. The topological polar surface area (TPSA) is 86.7 Å². The van der Waals surface area contributed by atoms with Gasteiger partial charge in [-0.3, -0.25) is 9.00 Å². The van der Waals surface area contributed by atoms with Crippen molar-refractivity contribution in [2.24, 2.45) is 11.8 Å². The fraction of sp³-hybridized carbons (Fsp3) is 0.857. The highest BCUT2D eigenvalue weighted by Gasteiger charge is 2.20. The predicted molar refractivity (Wildman–Crippen MR) is 82.7 cm³/mol. The van der Waals surface area contributed by atoms with Crippen LogP contribution in [0.4, 0.5) is 4.79 Å². The van der Waals surface area contributed by atoms with Crippen molar-refractivity contribution in [2.45, 2.75) is 33.1 Å². The molecule has 2 amide bonds. The Balaban J connectivity index is 2.27. The number of carbonyl (C=O) groups is 2. The minimum atomic E-state index is -0.781. The van der Waals surface area contributed by atoms with E-state index in [0.29, 0.717) is 49.4 Å². The van der Waals surface area contributed by atoms with Gasteiger partial charge in [0.25, 0.3) is 0 Å². The standard InChI is InChI=1S/C14H26N2O4S/c1-11(2)12(3-4-13(17)18)5-6-15-14(19)16-7-9-21(20)10-8-16/h11-12H,3-10H2,1-2H3,(H,15,19)(H,17,18). The summed E-state index contributed by atoms with van der Waals surface area (Å²) in [7, 11) is -0.781. The summed E-state index contributed by atoms with van der Waals surface area (Å²) in [6, 6.07) is -0.104. The molecule has 1 unspecified atom stereocenters. The molecule has 1 atom stereocenters. The van der Waals surface area contributed by atoms with Gasteiger partial charge in [0.05, 0.1) is 0 Å². The van der Waals surface area contributed by atoms with Gasteiger partial charge in [-0.15, -0.1) is 0 Å². The second-order valence-electron chi connectivity index (χ2n) is 5.79. The van der Waals surface area contributed by atoms with E-state index in [-0.39, 0.29) is 12.5 Å². The molecule has 7 heteroatoms. The minimum Gasteiger partial charge on any atom is -0.481 e. The van der Waals surface area contributed by atoms with Crippen molar-refractivity contribution in [3.05, 3.63) is 0 Å². The van der Waals surface area contributed by atoms with Gasteiger partial charge in [-0.25, -0.2) is 4.79 Å². The summed E-state index contributed by atoms with van der Waals surface area (Å²) in [6.07, 6.45) is 1.61. The van der Waals surface area contributed by atoms with E-state index in [4.69, 9.17) is 5.11 Å². The van der Waals surface area contributed by atoms with Crippen LogP contribution in [-0.4, -0.2) is 57.4 Å². The molecule has 0 aromatic rings. The second kappa shape index (κ2) is 9.02. The average molecular weight is 318 g/mol. The SMILES string of the molecule is CC(C)C(CCNC(=O)N1CCS(=O)CC1)CCC(=O)O. The molecule has 1 saturated heterocycles. The molecule has 0 aromatic heterocycles. The summed E-state index contributed by atoms with van der Waals surface area (Å²) in [4.78, 5) is 24.3. The molecule has 0 spiro atoms. The van der Waals surface area contributed by atoms with Gasteiger partial charge in [0.15, 0.2) is 0 Å². The minimum absolute atomic E-state index is 0.104. The maximum Gasteiger partial charge on any atom is 0.317 e. The molecular weight excluding hydrogens is 292 g/mol. The number of hydrogen-bond donors (Lipinski definition) is 2. The number of carboxylic acid groups (broad SMARTS) is 1. The normalized spacial score (nSPS) is 17.8. The third kappa shape index (κ3) is 6.93. The van der Waals surface area contributed by atoms with Crippen molar-refractivity contribution in [1.82, 2.24) is 10.2 Å². The first-order chi connectivity index (χ1) is 9.90. The van der Waals surface area contributed by atoms with Crippen molar-refractivity contribution in [1.29, 1.82) is 0 Å². The Hall–Kier alpha value is -1.11. The van der Waals surface area contributed by atoms with Gasteiger partial charge in [0.2, 0.25) is 0 Å². The Morgan fingerprint density at radius 1 is 1.24 bits per heavy atom. The number of hydrogen-bond acceptors (Lipinski definition) is 3. The van der Waals surface area contributed by atoms with E-state index < -0.39 is 16.8 Å². The first-order valence-electron chi connectivity index (χ1n) is 7.49. The molecular formula is C14H26N2O4S. The summed E-state index contributed by atoms with van der Waals surface area (Å²) in [6.45, 7) is 5.81. The molecule has 1 fully saturated rings. The van der Waals surface area contributed by atoms with Crippen LogP contribution in [0.3, 0.4) is 0 Å². The Labute approximate surface area is 128 Å². The fourth-order valence-electron chi connectivity index (χ4n) is 2.44. The molecule has 6 nitrogen and oxygen atoms in total. The molecule has 2 N–H and O–H groups in total. The second-order valence-corrected chi connectivity index (χ2v) is 7.49. The Morgan fingerprint density at radius 3 is 2.38 bits per heavy atom. The van der Waals surface area contributed by atoms with E-state index in [9.17, 15) is 13.8 Å². The zero-order chi connectivity index (χ0) is 15.8. The van der Waals surface area contributed by atoms with Crippen molar-refractivity contribution in [3.8, 4) is 0 Å². The predicted octanol–water partition coefficient (Wildman–Crippen LogP) is 1.29. The van der Waals surface area contributed by atoms with Crippen LogP contribution in [0.5, 0.6) is 0 Å². The van der Waals surface area contributed by atoms with Crippen LogP contribution in [0, 0.1) is 11.8 Å². The largest absolute Gasteiger partial charge is 0.481 e. The maximum atomic E-state index is 11.9. The van der Waals surface area contributed by atoms with Crippen LogP contribution >= 0.6 is 0 Å². The summed E-state index contributed by atoms with van der Waals surface area (Å²) in [5, 5.41) is 11.6. The van der Waals surface area contributed by atoms with E-state index in [1.807, 2.05) is 0 Å². The first kappa shape index (κ1) is 17.9. The lowest BCUT2D eigenvalue weighted by molar-refractivity contribution is -0.137. The first-order valence-corrected chi connectivity index (χ1v) is 8.98. The van der Waals surface area contributed by atoms with E-state index in [2.05, 4.69) is 19.2 Å². The summed E-state index contributed by atoms with van der Waals surface area (Å²) < 4.78 is 11.2. The quantitative estimate of drug-likeness (QED) is 0.740. The number of nitrogens with zero attached hydrogens (tertiary/aromatic N) is 1. The summed E-state index contributed by atoms with van der Waals surface area (Å²) >= 11 is 0. The lowest BCUT2D eigenvalue weighted by Gasteiger charge is -2.27. The van der Waals surface area contributed by atoms with Gasteiger partial charge < -0.3 is 15.3 Å².